The summed E-state index contributed by atoms with van der Waals surface area (Å²) in [5.41, 5.74) is 6.80. The highest BCUT2D eigenvalue weighted by Crippen LogP contribution is 2.67. The van der Waals surface area contributed by atoms with E-state index >= 15 is 0 Å². The van der Waals surface area contributed by atoms with Gasteiger partial charge in [0.1, 0.15) is 0 Å². The van der Waals surface area contributed by atoms with Crippen molar-refractivity contribution in [1.82, 2.24) is 0 Å². The standard InChI is InChI=1S/C21H37NO2/c1-12(22)16-6-7-17-15-5-4-13-10-14(23)8-9-20(13,2)19(15)18(24)11-21(16,17)3/h12-19,23-24H,4-11,22H2,1-3H3. The molecule has 4 rings (SSSR count). The van der Waals surface area contributed by atoms with Gasteiger partial charge in [0.25, 0.3) is 0 Å². The molecule has 0 aliphatic heterocycles. The van der Waals surface area contributed by atoms with Gasteiger partial charge in [-0.3, -0.25) is 0 Å². The number of rotatable bonds is 1. The molecule has 4 aliphatic carbocycles. The van der Waals surface area contributed by atoms with Gasteiger partial charge in [0.2, 0.25) is 0 Å². The van der Waals surface area contributed by atoms with Crippen LogP contribution in [-0.2, 0) is 0 Å². The second kappa shape index (κ2) is 5.69. The molecule has 4 fully saturated rings. The average Bonchev–Trinajstić information content (AvgIpc) is 2.84. The fourth-order valence-corrected chi connectivity index (χ4v) is 8.26. The second-order valence-electron chi connectivity index (χ2n) is 10.3. The van der Waals surface area contributed by atoms with Crippen molar-refractivity contribution in [3.05, 3.63) is 0 Å². The highest BCUT2D eigenvalue weighted by Gasteiger charge is 2.63. The molecular weight excluding hydrogens is 298 g/mol. The lowest BCUT2D eigenvalue weighted by Gasteiger charge is -2.62. The third kappa shape index (κ3) is 2.27. The molecule has 0 spiro atoms. The van der Waals surface area contributed by atoms with E-state index < -0.39 is 0 Å². The third-order valence-corrected chi connectivity index (χ3v) is 9.27. The highest BCUT2D eigenvalue weighted by molar-refractivity contribution is 5.12. The fraction of sp³-hybridized carbons (Fsp3) is 1.00. The maximum Gasteiger partial charge on any atom is 0.0581 e. The Bertz CT molecular complexity index is 494. The maximum atomic E-state index is 11.3. The smallest absolute Gasteiger partial charge is 0.0581 e. The zero-order valence-electron chi connectivity index (χ0n) is 15.7. The molecule has 10 atom stereocenters. The molecule has 24 heavy (non-hydrogen) atoms. The fourth-order valence-electron chi connectivity index (χ4n) is 8.26. The van der Waals surface area contributed by atoms with Crippen LogP contribution in [0.25, 0.3) is 0 Å². The third-order valence-electron chi connectivity index (χ3n) is 9.27. The van der Waals surface area contributed by atoms with E-state index in [1.165, 1.54) is 25.7 Å². The van der Waals surface area contributed by atoms with Gasteiger partial charge in [-0.15, -0.1) is 0 Å². The van der Waals surface area contributed by atoms with Crippen LogP contribution in [0.15, 0.2) is 0 Å². The van der Waals surface area contributed by atoms with Crippen LogP contribution in [0, 0.1) is 40.4 Å². The summed E-state index contributed by atoms with van der Waals surface area (Å²) in [6, 6.07) is 0.237. The number of fused-ring (bicyclic) bond motifs is 5. The van der Waals surface area contributed by atoms with Gasteiger partial charge in [-0.25, -0.2) is 0 Å². The minimum absolute atomic E-state index is 0.112. The molecule has 3 heteroatoms. The molecule has 0 bridgehead atoms. The summed E-state index contributed by atoms with van der Waals surface area (Å²) in [4.78, 5) is 0. The van der Waals surface area contributed by atoms with Crippen molar-refractivity contribution in [3.8, 4) is 0 Å². The van der Waals surface area contributed by atoms with Gasteiger partial charge in [0.15, 0.2) is 0 Å². The lowest BCUT2D eigenvalue weighted by Crippen LogP contribution is -2.59. The quantitative estimate of drug-likeness (QED) is 0.688. The Labute approximate surface area is 147 Å². The van der Waals surface area contributed by atoms with Crippen molar-refractivity contribution >= 4 is 0 Å². The Morgan fingerprint density at radius 2 is 1.75 bits per heavy atom. The molecule has 0 aromatic rings. The monoisotopic (exact) mass is 335 g/mol. The van der Waals surface area contributed by atoms with Crippen LogP contribution >= 0.6 is 0 Å². The Morgan fingerprint density at radius 3 is 2.46 bits per heavy atom. The lowest BCUT2D eigenvalue weighted by molar-refractivity contribution is -0.178. The van der Waals surface area contributed by atoms with Gasteiger partial charge in [-0.1, -0.05) is 13.8 Å². The van der Waals surface area contributed by atoms with E-state index in [9.17, 15) is 10.2 Å². The van der Waals surface area contributed by atoms with Gasteiger partial charge in [-0.05, 0) is 98.7 Å². The maximum absolute atomic E-state index is 11.3. The van der Waals surface area contributed by atoms with Crippen LogP contribution in [0.4, 0.5) is 0 Å². The number of hydrogen-bond donors (Lipinski definition) is 3. The van der Waals surface area contributed by atoms with Crippen LogP contribution in [0.5, 0.6) is 0 Å². The molecule has 138 valence electrons. The zero-order chi connectivity index (χ0) is 17.3. The lowest BCUT2D eigenvalue weighted by atomic mass is 9.43. The number of aliphatic hydroxyl groups excluding tert-OH is 2. The SMILES string of the molecule is CC(N)C1CCC2C3CCC4CC(O)CCC4(C)C3C(O)CC12C. The molecule has 3 nitrogen and oxygen atoms in total. The van der Waals surface area contributed by atoms with E-state index in [1.54, 1.807) is 0 Å². The van der Waals surface area contributed by atoms with Crippen LogP contribution in [0.3, 0.4) is 0 Å². The first kappa shape index (κ1) is 17.3. The van der Waals surface area contributed by atoms with Crippen LogP contribution in [0.2, 0.25) is 0 Å². The second-order valence-corrected chi connectivity index (χ2v) is 10.3. The van der Waals surface area contributed by atoms with Crippen molar-refractivity contribution in [2.45, 2.75) is 90.4 Å². The van der Waals surface area contributed by atoms with Crippen molar-refractivity contribution in [2.24, 2.45) is 46.2 Å². The summed E-state index contributed by atoms with van der Waals surface area (Å²) in [5.74, 6) is 3.02. The first-order valence-corrected chi connectivity index (χ1v) is 10.4. The van der Waals surface area contributed by atoms with Crippen molar-refractivity contribution in [1.29, 1.82) is 0 Å². The number of nitrogens with two attached hydrogens (primary N) is 1. The van der Waals surface area contributed by atoms with E-state index in [0.717, 1.165) is 31.6 Å². The Hall–Kier alpha value is -0.120. The Balaban J connectivity index is 1.66. The molecule has 4 aliphatic rings. The average molecular weight is 336 g/mol. The van der Waals surface area contributed by atoms with Gasteiger partial charge >= 0.3 is 0 Å². The van der Waals surface area contributed by atoms with E-state index in [1.807, 2.05) is 0 Å². The Morgan fingerprint density at radius 1 is 1.00 bits per heavy atom. The van der Waals surface area contributed by atoms with E-state index in [2.05, 4.69) is 20.8 Å². The summed E-state index contributed by atoms with van der Waals surface area (Å²) in [7, 11) is 0. The van der Waals surface area contributed by atoms with Gasteiger partial charge in [0.05, 0.1) is 12.2 Å². The van der Waals surface area contributed by atoms with Crippen LogP contribution < -0.4 is 5.73 Å². The number of aliphatic hydroxyl groups is 2. The summed E-state index contributed by atoms with van der Waals surface area (Å²) in [6.07, 6.45) is 8.67. The minimum atomic E-state index is -0.182. The highest BCUT2D eigenvalue weighted by atomic mass is 16.3. The predicted molar refractivity (Wildman–Crippen MR) is 96.3 cm³/mol. The minimum Gasteiger partial charge on any atom is -0.393 e. The van der Waals surface area contributed by atoms with E-state index in [0.29, 0.717) is 23.7 Å². The van der Waals surface area contributed by atoms with Crippen molar-refractivity contribution in [3.63, 3.8) is 0 Å². The molecular formula is C21H37NO2. The van der Waals surface area contributed by atoms with Crippen molar-refractivity contribution < 1.29 is 10.2 Å². The molecule has 0 aromatic heterocycles. The summed E-state index contributed by atoms with van der Waals surface area (Å²) in [5, 5.41) is 21.4. The molecule has 0 radical (unpaired) electrons. The van der Waals surface area contributed by atoms with Gasteiger partial charge in [-0.2, -0.15) is 0 Å². The molecule has 0 saturated heterocycles. The van der Waals surface area contributed by atoms with Crippen LogP contribution in [0.1, 0.15) is 72.1 Å². The first-order chi connectivity index (χ1) is 11.3. The normalized spacial score (nSPS) is 58.5. The topological polar surface area (TPSA) is 66.5 Å². The molecule has 0 heterocycles. The molecule has 4 saturated carbocycles. The zero-order valence-corrected chi connectivity index (χ0v) is 15.7. The Kier molecular flexibility index (Phi) is 4.10. The molecule has 4 N–H and O–H groups in total. The predicted octanol–water partition coefficient (Wildman–Crippen LogP) is 3.32. The van der Waals surface area contributed by atoms with Crippen molar-refractivity contribution in [2.75, 3.05) is 0 Å². The van der Waals surface area contributed by atoms with Gasteiger partial charge in [0, 0.05) is 6.04 Å². The van der Waals surface area contributed by atoms with Gasteiger partial charge < -0.3 is 15.9 Å². The van der Waals surface area contributed by atoms with E-state index in [4.69, 9.17) is 5.73 Å². The first-order valence-electron chi connectivity index (χ1n) is 10.4. The van der Waals surface area contributed by atoms with E-state index in [-0.39, 0.29) is 29.1 Å². The largest absolute Gasteiger partial charge is 0.393 e. The molecule has 10 unspecified atom stereocenters. The van der Waals surface area contributed by atoms with Crippen LogP contribution in [-0.4, -0.2) is 28.5 Å². The summed E-state index contributed by atoms with van der Waals surface area (Å²) in [6.45, 7) is 7.03. The summed E-state index contributed by atoms with van der Waals surface area (Å²) >= 11 is 0. The summed E-state index contributed by atoms with van der Waals surface area (Å²) < 4.78 is 0. The number of hydrogen-bond acceptors (Lipinski definition) is 3. The molecule has 0 amide bonds. The molecule has 0 aromatic carbocycles.